The predicted molar refractivity (Wildman–Crippen MR) is 108 cm³/mol. The summed E-state index contributed by atoms with van der Waals surface area (Å²) in [6.45, 7) is 7.35. The maximum Gasteiger partial charge on any atom is 0.243 e. The Labute approximate surface area is 167 Å². The smallest absolute Gasteiger partial charge is 0.243 e. The Kier molecular flexibility index (Phi) is 7.85. The standard InChI is InChI=1S/C21H26N2O4S/c1-4-13-23(28(24,25)19-10-7-17(15-22)8-11-19)16-18-9-12-20(26-5-2)21(14-18)27-6-3/h7-12,14H,4-6,13,16H2,1-3H3. The molecule has 2 aromatic rings. The van der Waals surface area contributed by atoms with Crippen LogP contribution in [0.3, 0.4) is 0 Å². The Morgan fingerprint density at radius 3 is 2.18 bits per heavy atom. The van der Waals surface area contributed by atoms with E-state index in [1.165, 1.54) is 28.6 Å². The van der Waals surface area contributed by atoms with Crippen LogP contribution >= 0.6 is 0 Å². The molecule has 28 heavy (non-hydrogen) atoms. The molecule has 150 valence electrons. The summed E-state index contributed by atoms with van der Waals surface area (Å²) in [6, 6.07) is 13.5. The van der Waals surface area contributed by atoms with Crippen LogP contribution in [-0.4, -0.2) is 32.5 Å². The van der Waals surface area contributed by atoms with Crippen molar-refractivity contribution in [2.75, 3.05) is 19.8 Å². The minimum atomic E-state index is -3.68. The lowest BCUT2D eigenvalue weighted by Gasteiger charge is -2.22. The number of rotatable bonds is 10. The van der Waals surface area contributed by atoms with Gasteiger partial charge in [0, 0.05) is 13.1 Å². The summed E-state index contributed by atoms with van der Waals surface area (Å²) in [7, 11) is -3.68. The van der Waals surface area contributed by atoms with Crippen molar-refractivity contribution in [3.05, 3.63) is 53.6 Å². The maximum absolute atomic E-state index is 13.1. The second-order valence-corrected chi connectivity index (χ2v) is 8.06. The average molecular weight is 403 g/mol. The molecule has 0 aromatic heterocycles. The van der Waals surface area contributed by atoms with Crippen LogP contribution < -0.4 is 9.47 Å². The van der Waals surface area contributed by atoms with E-state index in [0.29, 0.717) is 43.2 Å². The van der Waals surface area contributed by atoms with Gasteiger partial charge >= 0.3 is 0 Å². The van der Waals surface area contributed by atoms with E-state index in [4.69, 9.17) is 14.7 Å². The van der Waals surface area contributed by atoms with E-state index in [1.54, 1.807) is 0 Å². The first-order valence-electron chi connectivity index (χ1n) is 9.35. The topological polar surface area (TPSA) is 79.6 Å². The first-order valence-corrected chi connectivity index (χ1v) is 10.8. The Bertz CT molecular complexity index is 918. The summed E-state index contributed by atoms with van der Waals surface area (Å²) in [5, 5.41) is 8.92. The molecule has 0 atom stereocenters. The molecule has 0 unspecified atom stereocenters. The SMILES string of the molecule is CCCN(Cc1ccc(OCC)c(OCC)c1)S(=O)(=O)c1ccc(C#N)cc1. The van der Waals surface area contributed by atoms with Crippen molar-refractivity contribution in [2.24, 2.45) is 0 Å². The fourth-order valence-electron chi connectivity index (χ4n) is 2.78. The van der Waals surface area contributed by atoms with Crippen molar-refractivity contribution >= 4 is 10.0 Å². The van der Waals surface area contributed by atoms with Gasteiger partial charge < -0.3 is 9.47 Å². The number of hydrogen-bond donors (Lipinski definition) is 0. The number of sulfonamides is 1. The molecule has 0 amide bonds. The average Bonchev–Trinajstić information content (AvgIpc) is 2.70. The van der Waals surface area contributed by atoms with Crippen LogP contribution in [0.1, 0.15) is 38.3 Å². The van der Waals surface area contributed by atoms with Crippen molar-refractivity contribution in [1.29, 1.82) is 5.26 Å². The van der Waals surface area contributed by atoms with Crippen LogP contribution in [-0.2, 0) is 16.6 Å². The number of nitriles is 1. The molecule has 0 fully saturated rings. The highest BCUT2D eigenvalue weighted by Gasteiger charge is 2.24. The second-order valence-electron chi connectivity index (χ2n) is 6.12. The van der Waals surface area contributed by atoms with Crippen molar-refractivity contribution in [1.82, 2.24) is 4.31 Å². The largest absolute Gasteiger partial charge is 0.490 e. The zero-order chi connectivity index (χ0) is 20.6. The zero-order valence-corrected chi connectivity index (χ0v) is 17.3. The van der Waals surface area contributed by atoms with Gasteiger partial charge in [0.05, 0.1) is 29.7 Å². The summed E-state index contributed by atoms with van der Waals surface area (Å²) in [4.78, 5) is 0.177. The summed E-state index contributed by atoms with van der Waals surface area (Å²) in [5.74, 6) is 1.25. The Balaban J connectivity index is 2.33. The third-order valence-corrected chi connectivity index (χ3v) is 5.92. The van der Waals surface area contributed by atoms with E-state index in [0.717, 1.165) is 5.56 Å². The zero-order valence-electron chi connectivity index (χ0n) is 16.5. The van der Waals surface area contributed by atoms with Crippen LogP contribution in [0.5, 0.6) is 11.5 Å². The van der Waals surface area contributed by atoms with Crippen molar-refractivity contribution in [2.45, 2.75) is 38.6 Å². The second kappa shape index (κ2) is 10.1. The van der Waals surface area contributed by atoms with Crippen LogP contribution in [0.25, 0.3) is 0 Å². The van der Waals surface area contributed by atoms with E-state index in [9.17, 15) is 8.42 Å². The van der Waals surface area contributed by atoms with Gasteiger partial charge in [-0.25, -0.2) is 8.42 Å². The van der Waals surface area contributed by atoms with Crippen LogP contribution in [0, 0.1) is 11.3 Å². The first-order chi connectivity index (χ1) is 13.5. The lowest BCUT2D eigenvalue weighted by Crippen LogP contribution is -2.31. The van der Waals surface area contributed by atoms with Gasteiger partial charge in [-0.15, -0.1) is 0 Å². The molecule has 0 saturated carbocycles. The molecular weight excluding hydrogens is 376 g/mol. The first kappa shape index (κ1) is 21.7. The van der Waals surface area contributed by atoms with Gasteiger partial charge in [0.2, 0.25) is 10.0 Å². The quantitative estimate of drug-likeness (QED) is 0.601. The number of benzene rings is 2. The fraction of sp³-hybridized carbons (Fsp3) is 0.381. The normalized spacial score (nSPS) is 11.2. The molecule has 2 rings (SSSR count). The van der Waals surface area contributed by atoms with Crippen LogP contribution in [0.15, 0.2) is 47.4 Å². The third-order valence-electron chi connectivity index (χ3n) is 4.06. The lowest BCUT2D eigenvalue weighted by molar-refractivity contribution is 0.287. The Morgan fingerprint density at radius 2 is 1.61 bits per heavy atom. The molecule has 7 heteroatoms. The van der Waals surface area contributed by atoms with Gasteiger partial charge in [-0.2, -0.15) is 9.57 Å². The van der Waals surface area contributed by atoms with Gasteiger partial charge in [0.1, 0.15) is 0 Å². The van der Waals surface area contributed by atoms with Crippen molar-refractivity contribution in [3.63, 3.8) is 0 Å². The third kappa shape index (κ3) is 5.24. The lowest BCUT2D eigenvalue weighted by atomic mass is 10.2. The molecule has 2 aromatic carbocycles. The molecule has 0 heterocycles. The number of nitrogens with zero attached hydrogens (tertiary/aromatic N) is 2. The summed E-state index contributed by atoms with van der Waals surface area (Å²) in [5.41, 5.74) is 1.24. The molecule has 0 radical (unpaired) electrons. The molecular formula is C21H26N2O4S. The molecule has 0 saturated heterocycles. The van der Waals surface area contributed by atoms with E-state index < -0.39 is 10.0 Å². The summed E-state index contributed by atoms with van der Waals surface area (Å²) >= 11 is 0. The molecule has 6 nitrogen and oxygen atoms in total. The van der Waals surface area contributed by atoms with Gasteiger partial charge in [0.25, 0.3) is 0 Å². The molecule has 0 spiro atoms. The number of hydrogen-bond acceptors (Lipinski definition) is 5. The van der Waals surface area contributed by atoms with E-state index in [1.807, 2.05) is 45.0 Å². The Hall–Kier alpha value is -2.56. The maximum atomic E-state index is 13.1. The minimum Gasteiger partial charge on any atom is -0.490 e. The molecule has 0 aliphatic rings. The molecule has 0 aliphatic carbocycles. The van der Waals surface area contributed by atoms with Crippen LogP contribution in [0.2, 0.25) is 0 Å². The van der Waals surface area contributed by atoms with E-state index in [-0.39, 0.29) is 11.4 Å². The van der Waals surface area contributed by atoms with Gasteiger partial charge in [-0.1, -0.05) is 13.0 Å². The number of ether oxygens (including phenoxy) is 2. The monoisotopic (exact) mass is 402 g/mol. The fourth-order valence-corrected chi connectivity index (χ4v) is 4.30. The molecule has 0 aliphatic heterocycles. The highest BCUT2D eigenvalue weighted by atomic mass is 32.2. The highest BCUT2D eigenvalue weighted by molar-refractivity contribution is 7.89. The van der Waals surface area contributed by atoms with Gasteiger partial charge in [-0.05, 0) is 62.2 Å². The van der Waals surface area contributed by atoms with Crippen molar-refractivity contribution < 1.29 is 17.9 Å². The molecule has 0 bridgehead atoms. The predicted octanol–water partition coefficient (Wildman–Crippen LogP) is 3.96. The van der Waals surface area contributed by atoms with Crippen LogP contribution in [0.4, 0.5) is 0 Å². The minimum absolute atomic E-state index is 0.177. The highest BCUT2D eigenvalue weighted by Crippen LogP contribution is 2.30. The van der Waals surface area contributed by atoms with Gasteiger partial charge in [-0.3, -0.25) is 0 Å². The van der Waals surface area contributed by atoms with E-state index in [2.05, 4.69) is 0 Å². The summed E-state index contributed by atoms with van der Waals surface area (Å²) in [6.07, 6.45) is 0.685. The Morgan fingerprint density at radius 1 is 0.964 bits per heavy atom. The van der Waals surface area contributed by atoms with Crippen molar-refractivity contribution in [3.8, 4) is 17.6 Å². The summed E-state index contributed by atoms with van der Waals surface area (Å²) < 4.78 is 38.8. The van der Waals surface area contributed by atoms with Gasteiger partial charge in [0.15, 0.2) is 11.5 Å². The van der Waals surface area contributed by atoms with E-state index >= 15 is 0 Å². The molecule has 0 N–H and O–H groups in total.